The van der Waals surface area contributed by atoms with Crippen LogP contribution >= 0.6 is 0 Å². The van der Waals surface area contributed by atoms with Crippen molar-refractivity contribution in [3.05, 3.63) is 29.3 Å². The first kappa shape index (κ1) is 9.18. The largest absolute Gasteiger partial charge is 0.493 e. The van der Waals surface area contributed by atoms with Crippen LogP contribution < -0.4 is 4.74 Å². The molecule has 0 saturated heterocycles. The van der Waals surface area contributed by atoms with Crippen molar-refractivity contribution in [2.45, 2.75) is 12.7 Å². The summed E-state index contributed by atoms with van der Waals surface area (Å²) in [6.07, 6.45) is -1.17. The maximum Gasteiger partial charge on any atom is 0.218 e. The molecule has 0 unspecified atom stereocenters. The molecule has 0 saturated carbocycles. The summed E-state index contributed by atoms with van der Waals surface area (Å²) >= 11 is 0. The van der Waals surface area contributed by atoms with E-state index in [2.05, 4.69) is 0 Å². The minimum atomic E-state index is -1.93. The lowest BCUT2D eigenvalue weighted by atomic mass is 10.1. The summed E-state index contributed by atoms with van der Waals surface area (Å²) in [7, 11) is 0. The van der Waals surface area contributed by atoms with Crippen LogP contribution in [0.1, 0.15) is 15.9 Å². The van der Waals surface area contributed by atoms with Crippen molar-refractivity contribution in [3.8, 4) is 5.75 Å². The number of rotatable bonds is 2. The number of benzene rings is 1. The Balaban J connectivity index is 2.33. The molecule has 4 heteroatoms. The molecule has 2 rings (SSSR count). The standard InChI is InChI=1S/C10H10O4/c11-9(10(12)13)7-1-2-8-6(5-7)3-4-14-8/h1-2,5,10,12-13H,3-4H2. The average Bonchev–Trinajstić information content (AvgIpc) is 2.62. The van der Waals surface area contributed by atoms with E-state index >= 15 is 0 Å². The van der Waals surface area contributed by atoms with Crippen LogP contribution in [0.4, 0.5) is 0 Å². The molecule has 1 aliphatic rings. The SMILES string of the molecule is O=C(c1ccc2c(c1)CCO2)C(O)O. The molecule has 1 aromatic carbocycles. The predicted octanol–water partition coefficient (Wildman–Crippen LogP) is 0.115. The van der Waals surface area contributed by atoms with E-state index in [1.807, 2.05) is 0 Å². The first-order valence-electron chi connectivity index (χ1n) is 4.34. The summed E-state index contributed by atoms with van der Waals surface area (Å²) in [4.78, 5) is 11.2. The van der Waals surface area contributed by atoms with E-state index in [1.54, 1.807) is 12.1 Å². The molecule has 14 heavy (non-hydrogen) atoms. The van der Waals surface area contributed by atoms with Gasteiger partial charge in [-0.15, -0.1) is 0 Å². The molecule has 1 heterocycles. The summed E-state index contributed by atoms with van der Waals surface area (Å²) in [5, 5.41) is 17.4. The predicted molar refractivity (Wildman–Crippen MR) is 48.2 cm³/mol. The summed E-state index contributed by atoms with van der Waals surface area (Å²) in [5.41, 5.74) is 1.25. The molecule has 2 N–H and O–H groups in total. The van der Waals surface area contributed by atoms with Crippen molar-refractivity contribution < 1.29 is 19.7 Å². The van der Waals surface area contributed by atoms with Crippen molar-refractivity contribution in [1.82, 2.24) is 0 Å². The van der Waals surface area contributed by atoms with E-state index in [9.17, 15) is 4.79 Å². The van der Waals surface area contributed by atoms with Crippen LogP contribution in [-0.2, 0) is 6.42 Å². The van der Waals surface area contributed by atoms with Gasteiger partial charge in [0.1, 0.15) is 5.75 Å². The minimum Gasteiger partial charge on any atom is -0.493 e. The molecule has 0 spiro atoms. The lowest BCUT2D eigenvalue weighted by Crippen LogP contribution is -2.19. The number of hydrogen-bond donors (Lipinski definition) is 2. The molecule has 0 aromatic heterocycles. The molecule has 0 fully saturated rings. The Morgan fingerprint density at radius 2 is 2.21 bits per heavy atom. The number of ketones is 1. The van der Waals surface area contributed by atoms with Gasteiger partial charge < -0.3 is 14.9 Å². The molecule has 0 aliphatic carbocycles. The van der Waals surface area contributed by atoms with Gasteiger partial charge in [-0.05, 0) is 23.8 Å². The van der Waals surface area contributed by atoms with Crippen LogP contribution in [0.5, 0.6) is 5.75 Å². The molecule has 1 aliphatic heterocycles. The Kier molecular flexibility index (Phi) is 2.23. The molecular weight excluding hydrogens is 184 g/mol. The number of carbonyl (C=O) groups excluding carboxylic acids is 1. The van der Waals surface area contributed by atoms with Gasteiger partial charge in [0.05, 0.1) is 6.61 Å². The van der Waals surface area contributed by atoms with E-state index in [4.69, 9.17) is 14.9 Å². The monoisotopic (exact) mass is 194 g/mol. The number of hydrogen-bond acceptors (Lipinski definition) is 4. The zero-order valence-electron chi connectivity index (χ0n) is 7.43. The summed E-state index contributed by atoms with van der Waals surface area (Å²) < 4.78 is 5.26. The second kappa shape index (κ2) is 3.40. The molecule has 0 radical (unpaired) electrons. The number of carbonyl (C=O) groups is 1. The van der Waals surface area contributed by atoms with Crippen LogP contribution in [0.2, 0.25) is 0 Å². The third-order valence-corrected chi connectivity index (χ3v) is 2.21. The first-order valence-corrected chi connectivity index (χ1v) is 4.34. The van der Waals surface area contributed by atoms with Crippen molar-refractivity contribution in [2.24, 2.45) is 0 Å². The summed E-state index contributed by atoms with van der Waals surface area (Å²) in [6.45, 7) is 0.620. The van der Waals surface area contributed by atoms with Gasteiger partial charge >= 0.3 is 0 Å². The highest BCUT2D eigenvalue weighted by molar-refractivity contribution is 5.98. The van der Waals surface area contributed by atoms with Gasteiger partial charge in [0, 0.05) is 12.0 Å². The number of ether oxygens (including phenoxy) is 1. The Morgan fingerprint density at radius 3 is 2.93 bits per heavy atom. The summed E-state index contributed by atoms with van der Waals surface area (Å²) in [5.74, 6) is 0.0914. The van der Waals surface area contributed by atoms with Gasteiger partial charge in [0.2, 0.25) is 12.1 Å². The van der Waals surface area contributed by atoms with E-state index in [1.165, 1.54) is 6.07 Å². The number of Topliss-reactive ketones (excluding diaryl/α,β-unsaturated/α-hetero) is 1. The maximum atomic E-state index is 11.2. The van der Waals surface area contributed by atoms with Gasteiger partial charge in [-0.25, -0.2) is 0 Å². The zero-order chi connectivity index (χ0) is 10.1. The fourth-order valence-electron chi connectivity index (χ4n) is 1.49. The summed E-state index contributed by atoms with van der Waals surface area (Å²) in [6, 6.07) is 4.86. The quantitative estimate of drug-likeness (QED) is 0.518. The van der Waals surface area contributed by atoms with Crippen molar-refractivity contribution in [1.29, 1.82) is 0 Å². The molecule has 4 nitrogen and oxygen atoms in total. The fourth-order valence-corrected chi connectivity index (χ4v) is 1.49. The van der Waals surface area contributed by atoms with Crippen LogP contribution in [-0.4, -0.2) is 28.9 Å². The lowest BCUT2D eigenvalue weighted by molar-refractivity contribution is -0.0195. The normalized spacial score (nSPS) is 13.9. The Bertz CT molecular complexity index is 370. The first-order chi connectivity index (χ1) is 6.68. The van der Waals surface area contributed by atoms with Gasteiger partial charge in [-0.1, -0.05) is 0 Å². The fraction of sp³-hybridized carbons (Fsp3) is 0.300. The van der Waals surface area contributed by atoms with Crippen LogP contribution in [0, 0.1) is 0 Å². The van der Waals surface area contributed by atoms with Gasteiger partial charge in [0.15, 0.2) is 0 Å². The van der Waals surface area contributed by atoms with E-state index in [-0.39, 0.29) is 0 Å². The van der Waals surface area contributed by atoms with Gasteiger partial charge in [0.25, 0.3) is 0 Å². The Labute approximate surface area is 80.7 Å². The highest BCUT2D eigenvalue weighted by Gasteiger charge is 2.18. The van der Waals surface area contributed by atoms with Crippen molar-refractivity contribution >= 4 is 5.78 Å². The second-order valence-corrected chi connectivity index (χ2v) is 3.16. The second-order valence-electron chi connectivity index (χ2n) is 3.16. The number of fused-ring (bicyclic) bond motifs is 1. The van der Waals surface area contributed by atoms with Crippen LogP contribution in [0.15, 0.2) is 18.2 Å². The topological polar surface area (TPSA) is 66.8 Å². The van der Waals surface area contributed by atoms with Crippen LogP contribution in [0.3, 0.4) is 0 Å². The molecule has 1 aromatic rings. The molecule has 0 bridgehead atoms. The minimum absolute atomic E-state index is 0.309. The van der Waals surface area contributed by atoms with Crippen molar-refractivity contribution in [3.63, 3.8) is 0 Å². The highest BCUT2D eigenvalue weighted by atomic mass is 16.5. The van der Waals surface area contributed by atoms with E-state index in [0.29, 0.717) is 12.2 Å². The highest BCUT2D eigenvalue weighted by Crippen LogP contribution is 2.26. The number of aliphatic hydroxyl groups is 2. The lowest BCUT2D eigenvalue weighted by Gasteiger charge is -2.04. The number of aliphatic hydroxyl groups excluding tert-OH is 1. The maximum absolute atomic E-state index is 11.2. The Hall–Kier alpha value is -1.39. The molecule has 74 valence electrons. The molecular formula is C10H10O4. The third-order valence-electron chi connectivity index (χ3n) is 2.21. The molecule has 0 atom stereocenters. The smallest absolute Gasteiger partial charge is 0.218 e. The average molecular weight is 194 g/mol. The third kappa shape index (κ3) is 1.49. The van der Waals surface area contributed by atoms with E-state index in [0.717, 1.165) is 17.7 Å². The van der Waals surface area contributed by atoms with Crippen LogP contribution in [0.25, 0.3) is 0 Å². The van der Waals surface area contributed by atoms with E-state index < -0.39 is 12.1 Å². The van der Waals surface area contributed by atoms with Gasteiger partial charge in [-0.2, -0.15) is 0 Å². The van der Waals surface area contributed by atoms with Gasteiger partial charge in [-0.3, -0.25) is 4.79 Å². The van der Waals surface area contributed by atoms with Crippen molar-refractivity contribution in [2.75, 3.05) is 6.61 Å². The molecule has 0 amide bonds. The Morgan fingerprint density at radius 1 is 1.43 bits per heavy atom. The zero-order valence-corrected chi connectivity index (χ0v) is 7.43.